The second-order valence-electron chi connectivity index (χ2n) is 9.39. The third-order valence-electron chi connectivity index (χ3n) is 6.99. The van der Waals surface area contributed by atoms with E-state index >= 15 is 0 Å². The summed E-state index contributed by atoms with van der Waals surface area (Å²) in [6, 6.07) is 10.9. The smallest absolute Gasteiger partial charge is 0.337 e. The number of aromatic nitrogens is 4. The number of halogens is 1. The summed E-state index contributed by atoms with van der Waals surface area (Å²) in [4.78, 5) is 42.6. The third-order valence-corrected chi connectivity index (χ3v) is 7.23. The van der Waals surface area contributed by atoms with Gasteiger partial charge in [-0.25, -0.2) is 4.79 Å². The van der Waals surface area contributed by atoms with E-state index in [0.29, 0.717) is 53.7 Å². The van der Waals surface area contributed by atoms with Gasteiger partial charge in [0.15, 0.2) is 0 Å². The number of tetrazole rings is 1. The SMILES string of the molecule is COC(=O)c1ccc(NC(=O)C2CC(N3CCOCC3)CN2C(=O)/C=C/c2cc(Cl)ccc2-n2cnnn2)cc1. The first-order chi connectivity index (χ1) is 19.4. The van der Waals surface area contributed by atoms with Crippen molar-refractivity contribution in [3.05, 3.63) is 71.0 Å². The van der Waals surface area contributed by atoms with E-state index in [1.165, 1.54) is 24.2 Å². The number of nitrogens with zero attached hydrogens (tertiary/aromatic N) is 6. The molecule has 40 heavy (non-hydrogen) atoms. The largest absolute Gasteiger partial charge is 0.465 e. The molecular formula is C27H28ClN7O5. The molecule has 0 spiro atoms. The van der Waals surface area contributed by atoms with E-state index in [4.69, 9.17) is 21.1 Å². The van der Waals surface area contributed by atoms with Crippen molar-refractivity contribution in [1.29, 1.82) is 0 Å². The summed E-state index contributed by atoms with van der Waals surface area (Å²) in [5.74, 6) is -1.08. The fraction of sp³-hybridized carbons (Fsp3) is 0.333. The molecule has 2 unspecified atom stereocenters. The van der Waals surface area contributed by atoms with Gasteiger partial charge in [0.1, 0.15) is 12.4 Å². The standard InChI is InChI=1S/C27H28ClN7O5/c1-39-27(38)18-2-6-21(7-3-18)30-26(37)24-15-22(33-10-12-40-13-11-33)16-34(24)25(36)9-4-19-14-20(28)5-8-23(19)35-17-29-31-32-35/h2-9,14,17,22,24H,10-13,15-16H2,1H3,(H,30,37)/b9-4+. The van der Waals surface area contributed by atoms with Crippen LogP contribution in [0.4, 0.5) is 5.69 Å². The van der Waals surface area contributed by atoms with Gasteiger partial charge in [-0.2, -0.15) is 4.68 Å². The van der Waals surface area contributed by atoms with Crippen molar-refractivity contribution in [2.75, 3.05) is 45.3 Å². The summed E-state index contributed by atoms with van der Waals surface area (Å²) in [5.41, 5.74) is 2.18. The number of carbonyl (C=O) groups excluding carboxylic acids is 3. The number of esters is 1. The topological polar surface area (TPSA) is 132 Å². The Morgan fingerprint density at radius 2 is 1.90 bits per heavy atom. The summed E-state index contributed by atoms with van der Waals surface area (Å²) < 4.78 is 11.7. The Morgan fingerprint density at radius 3 is 2.60 bits per heavy atom. The lowest BCUT2D eigenvalue weighted by molar-refractivity contribution is -0.132. The van der Waals surface area contributed by atoms with Crippen molar-refractivity contribution < 1.29 is 23.9 Å². The van der Waals surface area contributed by atoms with Gasteiger partial charge in [0.25, 0.3) is 0 Å². The number of anilines is 1. The van der Waals surface area contributed by atoms with E-state index in [2.05, 4.69) is 25.7 Å². The molecule has 12 nitrogen and oxygen atoms in total. The third kappa shape index (κ3) is 6.19. The molecule has 2 saturated heterocycles. The van der Waals surface area contributed by atoms with Crippen molar-refractivity contribution in [2.24, 2.45) is 0 Å². The highest BCUT2D eigenvalue weighted by Crippen LogP contribution is 2.26. The number of nitrogens with one attached hydrogen (secondary N) is 1. The summed E-state index contributed by atoms with van der Waals surface area (Å²) in [7, 11) is 1.31. The van der Waals surface area contributed by atoms with Gasteiger partial charge in [-0.3, -0.25) is 14.5 Å². The van der Waals surface area contributed by atoms with E-state index in [9.17, 15) is 14.4 Å². The van der Waals surface area contributed by atoms with Gasteiger partial charge in [-0.1, -0.05) is 11.6 Å². The number of hydrogen-bond acceptors (Lipinski definition) is 9. The summed E-state index contributed by atoms with van der Waals surface area (Å²) >= 11 is 6.22. The first kappa shape index (κ1) is 27.4. The number of amides is 2. The molecule has 3 aromatic rings. The van der Waals surface area contributed by atoms with Crippen LogP contribution in [0.3, 0.4) is 0 Å². The quantitative estimate of drug-likeness (QED) is 0.338. The lowest BCUT2D eigenvalue weighted by Gasteiger charge is -2.31. The zero-order chi connectivity index (χ0) is 28.1. The molecule has 3 heterocycles. The van der Waals surface area contributed by atoms with Crippen LogP contribution < -0.4 is 5.32 Å². The summed E-state index contributed by atoms with van der Waals surface area (Å²) in [5, 5.41) is 14.7. The Bertz CT molecular complexity index is 1390. The van der Waals surface area contributed by atoms with Crippen molar-refractivity contribution in [3.8, 4) is 5.69 Å². The van der Waals surface area contributed by atoms with Crippen LogP contribution >= 0.6 is 11.6 Å². The Hall–Kier alpha value is -4.13. The molecule has 0 radical (unpaired) electrons. The van der Waals surface area contributed by atoms with Gasteiger partial charge >= 0.3 is 5.97 Å². The van der Waals surface area contributed by atoms with Gasteiger partial charge in [0.2, 0.25) is 11.8 Å². The first-order valence-corrected chi connectivity index (χ1v) is 13.1. The van der Waals surface area contributed by atoms with Crippen molar-refractivity contribution in [3.63, 3.8) is 0 Å². The van der Waals surface area contributed by atoms with Gasteiger partial charge in [0.05, 0.1) is 31.6 Å². The Kier molecular flexibility index (Phi) is 8.48. The molecule has 0 saturated carbocycles. The molecule has 2 aromatic carbocycles. The molecule has 1 N–H and O–H groups in total. The number of carbonyl (C=O) groups is 3. The van der Waals surface area contributed by atoms with Crippen LogP contribution in [-0.2, 0) is 19.1 Å². The van der Waals surface area contributed by atoms with Crippen LogP contribution in [0.1, 0.15) is 22.3 Å². The Balaban J connectivity index is 1.36. The van der Waals surface area contributed by atoms with Crippen LogP contribution in [0.5, 0.6) is 0 Å². The fourth-order valence-corrected chi connectivity index (χ4v) is 5.12. The minimum absolute atomic E-state index is 0.0154. The van der Waals surface area contributed by atoms with Gasteiger partial charge in [-0.15, -0.1) is 5.10 Å². The number of likely N-dealkylation sites (tertiary alicyclic amines) is 1. The predicted molar refractivity (Wildman–Crippen MR) is 146 cm³/mol. The fourth-order valence-electron chi connectivity index (χ4n) is 4.94. The number of hydrogen-bond donors (Lipinski definition) is 1. The maximum absolute atomic E-state index is 13.5. The molecule has 2 aliphatic heterocycles. The van der Waals surface area contributed by atoms with Crippen LogP contribution in [0.15, 0.2) is 54.9 Å². The normalized spacial score (nSPS) is 19.6. The van der Waals surface area contributed by atoms with Crippen molar-refractivity contribution >= 4 is 41.1 Å². The van der Waals surface area contributed by atoms with Gasteiger partial charge in [0, 0.05) is 48.0 Å². The maximum Gasteiger partial charge on any atom is 0.337 e. The number of benzene rings is 2. The van der Waals surface area contributed by atoms with Crippen molar-refractivity contribution in [2.45, 2.75) is 18.5 Å². The molecular weight excluding hydrogens is 538 g/mol. The lowest BCUT2D eigenvalue weighted by Crippen LogP contribution is -2.45. The van der Waals surface area contributed by atoms with Crippen LogP contribution in [-0.4, -0.2) is 99.8 Å². The predicted octanol–water partition coefficient (Wildman–Crippen LogP) is 2.06. The van der Waals surface area contributed by atoms with E-state index in [-0.39, 0.29) is 17.9 Å². The van der Waals surface area contributed by atoms with Gasteiger partial charge < -0.3 is 19.7 Å². The minimum Gasteiger partial charge on any atom is -0.465 e. The average molecular weight is 566 g/mol. The zero-order valence-corrected chi connectivity index (χ0v) is 22.5. The molecule has 2 atom stereocenters. The van der Waals surface area contributed by atoms with Crippen LogP contribution in [0, 0.1) is 0 Å². The van der Waals surface area contributed by atoms with Gasteiger partial charge in [-0.05, 0) is 65.4 Å². The monoisotopic (exact) mass is 565 g/mol. The molecule has 0 bridgehead atoms. The highest BCUT2D eigenvalue weighted by atomic mass is 35.5. The highest BCUT2D eigenvalue weighted by Gasteiger charge is 2.41. The van der Waals surface area contributed by atoms with Crippen LogP contribution in [0.2, 0.25) is 5.02 Å². The highest BCUT2D eigenvalue weighted by molar-refractivity contribution is 6.30. The minimum atomic E-state index is -0.691. The zero-order valence-electron chi connectivity index (χ0n) is 21.8. The molecule has 5 rings (SSSR count). The first-order valence-electron chi connectivity index (χ1n) is 12.8. The molecule has 2 aliphatic rings. The second kappa shape index (κ2) is 12.4. The molecule has 2 fully saturated rings. The second-order valence-corrected chi connectivity index (χ2v) is 9.83. The lowest BCUT2D eigenvalue weighted by atomic mass is 10.1. The summed E-state index contributed by atoms with van der Waals surface area (Å²) in [6.07, 6.45) is 5.02. The van der Waals surface area contributed by atoms with E-state index < -0.39 is 12.0 Å². The maximum atomic E-state index is 13.5. The van der Waals surface area contributed by atoms with Crippen molar-refractivity contribution in [1.82, 2.24) is 30.0 Å². The van der Waals surface area contributed by atoms with E-state index in [0.717, 1.165) is 13.1 Å². The molecule has 13 heteroatoms. The van der Waals surface area contributed by atoms with E-state index in [1.54, 1.807) is 53.4 Å². The number of morpholine rings is 1. The summed E-state index contributed by atoms with van der Waals surface area (Å²) in [6.45, 7) is 3.11. The Labute approximate surface area is 235 Å². The number of rotatable bonds is 7. The molecule has 1 aromatic heterocycles. The number of ether oxygens (including phenoxy) is 2. The average Bonchev–Trinajstić information content (AvgIpc) is 3.68. The molecule has 208 valence electrons. The van der Waals surface area contributed by atoms with E-state index in [1.807, 2.05) is 0 Å². The molecule has 2 amide bonds. The van der Waals surface area contributed by atoms with Crippen LogP contribution in [0.25, 0.3) is 11.8 Å². The Morgan fingerprint density at radius 1 is 1.12 bits per heavy atom. The number of methoxy groups -OCH3 is 1. The molecule has 0 aliphatic carbocycles.